The van der Waals surface area contributed by atoms with E-state index < -0.39 is 0 Å². The Morgan fingerprint density at radius 1 is 1.14 bits per heavy atom. The molecular formula is C18H17N3. The topological polar surface area (TPSA) is 41.1 Å². The molecule has 104 valence electrons. The van der Waals surface area contributed by atoms with Crippen LogP contribution in [0.2, 0.25) is 0 Å². The number of hydrogen-bond donors (Lipinski definition) is 0. The van der Waals surface area contributed by atoms with E-state index in [-0.39, 0.29) is 5.92 Å². The molecule has 3 rings (SSSR count). The van der Waals surface area contributed by atoms with Gasteiger partial charge in [0, 0.05) is 11.8 Å². The fourth-order valence-electron chi connectivity index (χ4n) is 2.62. The van der Waals surface area contributed by atoms with Gasteiger partial charge in [-0.3, -0.25) is 0 Å². The average Bonchev–Trinajstić information content (AvgIpc) is 2.88. The molecule has 1 atom stereocenters. The number of nitriles is 1. The van der Waals surface area contributed by atoms with Crippen LogP contribution in [0.15, 0.2) is 42.6 Å². The monoisotopic (exact) mass is 275 g/mol. The molecule has 0 spiro atoms. The van der Waals surface area contributed by atoms with Crippen LogP contribution < -0.4 is 0 Å². The first-order valence-electron chi connectivity index (χ1n) is 7.06. The van der Waals surface area contributed by atoms with E-state index in [9.17, 15) is 5.26 Å². The second-order valence-electron chi connectivity index (χ2n) is 5.45. The van der Waals surface area contributed by atoms with Crippen molar-refractivity contribution in [2.75, 3.05) is 0 Å². The quantitative estimate of drug-likeness (QED) is 0.701. The van der Waals surface area contributed by atoms with Crippen LogP contribution in [0.25, 0.3) is 16.9 Å². The summed E-state index contributed by atoms with van der Waals surface area (Å²) >= 11 is 0. The number of rotatable bonds is 2. The van der Waals surface area contributed by atoms with Crippen molar-refractivity contribution < 1.29 is 0 Å². The van der Waals surface area contributed by atoms with Gasteiger partial charge in [-0.15, -0.1) is 0 Å². The first kappa shape index (κ1) is 13.4. The summed E-state index contributed by atoms with van der Waals surface area (Å²) in [6.45, 7) is 6.03. The van der Waals surface area contributed by atoms with Crippen LogP contribution in [0.1, 0.15) is 29.7 Å². The van der Waals surface area contributed by atoms with E-state index in [4.69, 9.17) is 4.98 Å². The van der Waals surface area contributed by atoms with Gasteiger partial charge in [-0.2, -0.15) is 5.26 Å². The number of fused-ring (bicyclic) bond motifs is 1. The van der Waals surface area contributed by atoms with E-state index in [2.05, 4.69) is 37.3 Å². The maximum Gasteiger partial charge on any atom is 0.140 e. The number of aryl methyl sites for hydroxylation is 2. The summed E-state index contributed by atoms with van der Waals surface area (Å²) in [5.74, 6) is -0.210. The van der Waals surface area contributed by atoms with Crippen molar-refractivity contribution in [1.29, 1.82) is 5.26 Å². The predicted octanol–water partition coefficient (Wildman–Crippen LogP) is 4.25. The Labute approximate surface area is 124 Å². The Bertz CT molecular complexity index is 835. The number of hydrogen-bond acceptors (Lipinski definition) is 2. The van der Waals surface area contributed by atoms with Gasteiger partial charge in [0.05, 0.1) is 23.4 Å². The number of nitrogens with zero attached hydrogens (tertiary/aromatic N) is 3. The number of pyridine rings is 1. The Morgan fingerprint density at radius 3 is 2.52 bits per heavy atom. The average molecular weight is 275 g/mol. The molecule has 0 fully saturated rings. The molecule has 0 aliphatic rings. The molecule has 0 saturated carbocycles. The number of aromatic nitrogens is 2. The molecule has 0 bridgehead atoms. The van der Waals surface area contributed by atoms with Crippen LogP contribution in [-0.4, -0.2) is 9.38 Å². The van der Waals surface area contributed by atoms with Crippen molar-refractivity contribution in [3.8, 4) is 17.3 Å². The molecule has 3 heteroatoms. The summed E-state index contributed by atoms with van der Waals surface area (Å²) in [7, 11) is 0. The summed E-state index contributed by atoms with van der Waals surface area (Å²) in [6, 6.07) is 14.7. The lowest BCUT2D eigenvalue weighted by atomic mass is 10.0. The van der Waals surface area contributed by atoms with Gasteiger partial charge in [-0.1, -0.05) is 35.9 Å². The summed E-state index contributed by atoms with van der Waals surface area (Å²) in [5.41, 5.74) is 6.17. The second kappa shape index (κ2) is 5.06. The number of imidazole rings is 1. The third kappa shape index (κ3) is 2.19. The van der Waals surface area contributed by atoms with E-state index in [0.29, 0.717) is 0 Å². The lowest BCUT2D eigenvalue weighted by molar-refractivity contribution is 0.898. The van der Waals surface area contributed by atoms with Crippen molar-refractivity contribution in [1.82, 2.24) is 9.38 Å². The zero-order valence-electron chi connectivity index (χ0n) is 12.5. The number of benzene rings is 1. The fourth-order valence-corrected chi connectivity index (χ4v) is 2.62. The molecule has 2 aromatic heterocycles. The van der Waals surface area contributed by atoms with Crippen molar-refractivity contribution >= 4 is 5.65 Å². The van der Waals surface area contributed by atoms with E-state index in [0.717, 1.165) is 28.2 Å². The highest BCUT2D eigenvalue weighted by molar-refractivity contribution is 5.69. The zero-order valence-corrected chi connectivity index (χ0v) is 12.5. The van der Waals surface area contributed by atoms with Crippen LogP contribution in [0, 0.1) is 25.2 Å². The van der Waals surface area contributed by atoms with E-state index in [1.807, 2.05) is 36.6 Å². The molecule has 0 amide bonds. The third-order valence-corrected chi connectivity index (χ3v) is 3.81. The van der Waals surface area contributed by atoms with Gasteiger partial charge in [0.2, 0.25) is 0 Å². The van der Waals surface area contributed by atoms with Crippen LogP contribution in [0.3, 0.4) is 0 Å². The van der Waals surface area contributed by atoms with Crippen LogP contribution >= 0.6 is 0 Å². The maximum absolute atomic E-state index is 9.36. The van der Waals surface area contributed by atoms with E-state index in [1.54, 1.807) is 0 Å². The van der Waals surface area contributed by atoms with E-state index >= 15 is 0 Å². The molecule has 1 unspecified atom stereocenters. The second-order valence-corrected chi connectivity index (χ2v) is 5.45. The molecule has 21 heavy (non-hydrogen) atoms. The lowest BCUT2D eigenvalue weighted by Gasteiger charge is -2.07. The molecule has 0 aliphatic carbocycles. The van der Waals surface area contributed by atoms with Crippen molar-refractivity contribution in [2.45, 2.75) is 26.7 Å². The first-order chi connectivity index (χ1) is 10.1. The van der Waals surface area contributed by atoms with Gasteiger partial charge in [-0.25, -0.2) is 4.98 Å². The van der Waals surface area contributed by atoms with Crippen LogP contribution in [-0.2, 0) is 0 Å². The van der Waals surface area contributed by atoms with Crippen molar-refractivity contribution in [3.05, 3.63) is 59.4 Å². The molecule has 0 N–H and O–H groups in total. The molecule has 0 radical (unpaired) electrons. The largest absolute Gasteiger partial charge is 0.302 e. The summed E-state index contributed by atoms with van der Waals surface area (Å²) in [6.07, 6.45) is 1.98. The van der Waals surface area contributed by atoms with Crippen LogP contribution in [0.5, 0.6) is 0 Å². The fraction of sp³-hybridized carbons (Fsp3) is 0.222. The minimum atomic E-state index is -0.210. The van der Waals surface area contributed by atoms with Crippen molar-refractivity contribution in [3.63, 3.8) is 0 Å². The molecule has 2 heterocycles. The Morgan fingerprint density at radius 2 is 1.86 bits per heavy atom. The minimum absolute atomic E-state index is 0.210. The third-order valence-electron chi connectivity index (χ3n) is 3.81. The molecule has 0 aliphatic heterocycles. The Kier molecular flexibility index (Phi) is 3.23. The van der Waals surface area contributed by atoms with Gasteiger partial charge >= 0.3 is 0 Å². The minimum Gasteiger partial charge on any atom is -0.302 e. The van der Waals surface area contributed by atoms with Gasteiger partial charge < -0.3 is 4.40 Å². The molecule has 3 aromatic rings. The molecule has 1 aromatic carbocycles. The van der Waals surface area contributed by atoms with Crippen molar-refractivity contribution in [2.24, 2.45) is 0 Å². The lowest BCUT2D eigenvalue weighted by Crippen LogP contribution is -1.98. The zero-order chi connectivity index (χ0) is 15.0. The highest BCUT2D eigenvalue weighted by atomic mass is 15.0. The Balaban J connectivity index is 2.34. The molecule has 3 nitrogen and oxygen atoms in total. The highest BCUT2D eigenvalue weighted by Crippen LogP contribution is 2.30. The molecule has 0 saturated heterocycles. The molecular weight excluding hydrogens is 258 g/mol. The standard InChI is InChI=1S/C18H17N3/c1-12-6-8-15(9-7-12)16-17(14(3)11-19)21-10-4-5-13(2)18(21)20-16/h4-10,14H,1-3H3. The maximum atomic E-state index is 9.36. The van der Waals surface area contributed by atoms with Gasteiger partial charge in [0.15, 0.2) is 0 Å². The first-order valence-corrected chi connectivity index (χ1v) is 7.06. The van der Waals surface area contributed by atoms with Gasteiger partial charge in [-0.05, 0) is 32.4 Å². The summed E-state index contributed by atoms with van der Waals surface area (Å²) in [5, 5.41) is 9.36. The van der Waals surface area contributed by atoms with E-state index in [1.165, 1.54) is 5.56 Å². The summed E-state index contributed by atoms with van der Waals surface area (Å²) in [4.78, 5) is 4.79. The normalized spacial score (nSPS) is 12.3. The Hall–Kier alpha value is -2.60. The van der Waals surface area contributed by atoms with Gasteiger partial charge in [0.25, 0.3) is 0 Å². The smallest absolute Gasteiger partial charge is 0.140 e. The predicted molar refractivity (Wildman–Crippen MR) is 84.1 cm³/mol. The SMILES string of the molecule is Cc1ccc(-c2nc3c(C)cccn3c2C(C)C#N)cc1. The summed E-state index contributed by atoms with van der Waals surface area (Å²) < 4.78 is 2.04. The van der Waals surface area contributed by atoms with Gasteiger partial charge in [0.1, 0.15) is 5.65 Å². The van der Waals surface area contributed by atoms with Crippen LogP contribution in [0.4, 0.5) is 0 Å². The highest BCUT2D eigenvalue weighted by Gasteiger charge is 2.19.